The number of alkyl halides is 3. The first-order valence-corrected chi connectivity index (χ1v) is 5.74. The second-order valence-electron chi connectivity index (χ2n) is 5.44. The number of halogens is 3. The lowest BCUT2D eigenvalue weighted by atomic mass is 9.89. The molecule has 1 fully saturated rings. The zero-order chi connectivity index (χ0) is 12.4. The van der Waals surface area contributed by atoms with E-state index in [1.807, 2.05) is 13.8 Å². The quantitative estimate of drug-likeness (QED) is 0.770. The molecule has 0 saturated heterocycles. The van der Waals surface area contributed by atoms with Crippen LogP contribution in [0.3, 0.4) is 0 Å². The second kappa shape index (κ2) is 4.92. The van der Waals surface area contributed by atoms with Gasteiger partial charge >= 0.3 is 6.18 Å². The highest BCUT2D eigenvalue weighted by Gasteiger charge is 2.38. The van der Waals surface area contributed by atoms with Gasteiger partial charge in [-0.3, -0.25) is 4.90 Å². The molecule has 1 aliphatic carbocycles. The smallest absolute Gasteiger partial charge is 0.330 e. The van der Waals surface area contributed by atoms with E-state index in [-0.39, 0.29) is 11.5 Å². The molecule has 2 N–H and O–H groups in total. The molecule has 0 heterocycles. The van der Waals surface area contributed by atoms with Crippen molar-refractivity contribution in [3.63, 3.8) is 0 Å². The molecule has 1 saturated carbocycles. The van der Waals surface area contributed by atoms with Gasteiger partial charge in [0.15, 0.2) is 0 Å². The first-order valence-electron chi connectivity index (χ1n) is 5.74. The molecule has 0 aliphatic heterocycles. The Morgan fingerprint density at radius 3 is 2.19 bits per heavy atom. The lowest BCUT2D eigenvalue weighted by Crippen LogP contribution is -2.39. The van der Waals surface area contributed by atoms with Crippen LogP contribution in [0.2, 0.25) is 0 Å². The van der Waals surface area contributed by atoms with Gasteiger partial charge < -0.3 is 5.73 Å². The largest absolute Gasteiger partial charge is 0.401 e. The zero-order valence-electron chi connectivity index (χ0n) is 9.98. The lowest BCUT2D eigenvalue weighted by Gasteiger charge is -2.29. The molecule has 0 atom stereocenters. The molecule has 0 aromatic rings. The van der Waals surface area contributed by atoms with Crippen molar-refractivity contribution >= 4 is 0 Å². The Balaban J connectivity index is 2.40. The summed E-state index contributed by atoms with van der Waals surface area (Å²) >= 11 is 0. The molecule has 1 rings (SSSR count). The van der Waals surface area contributed by atoms with Gasteiger partial charge in [0.2, 0.25) is 0 Å². The van der Waals surface area contributed by atoms with E-state index in [0.29, 0.717) is 13.1 Å². The third kappa shape index (κ3) is 5.16. The van der Waals surface area contributed by atoms with E-state index < -0.39 is 12.7 Å². The minimum Gasteiger partial charge on any atom is -0.330 e. The highest BCUT2D eigenvalue weighted by molar-refractivity contribution is 4.86. The molecule has 1 aliphatic rings. The molecular formula is C11H21F3N2. The van der Waals surface area contributed by atoms with Gasteiger partial charge in [0.1, 0.15) is 0 Å². The van der Waals surface area contributed by atoms with Crippen molar-refractivity contribution in [3.8, 4) is 0 Å². The van der Waals surface area contributed by atoms with Gasteiger partial charge in [0.25, 0.3) is 0 Å². The van der Waals surface area contributed by atoms with Crippen molar-refractivity contribution in [1.82, 2.24) is 4.90 Å². The maximum absolute atomic E-state index is 12.3. The molecule has 96 valence electrons. The Labute approximate surface area is 95.0 Å². The van der Waals surface area contributed by atoms with E-state index in [1.165, 1.54) is 0 Å². The molecule has 0 spiro atoms. The minimum atomic E-state index is -4.09. The molecule has 0 aromatic carbocycles. The van der Waals surface area contributed by atoms with Gasteiger partial charge in [-0.25, -0.2) is 0 Å². The van der Waals surface area contributed by atoms with Crippen molar-refractivity contribution < 1.29 is 13.2 Å². The van der Waals surface area contributed by atoms with Crippen LogP contribution < -0.4 is 5.73 Å². The minimum absolute atomic E-state index is 0.0707. The predicted molar refractivity (Wildman–Crippen MR) is 58.1 cm³/mol. The Morgan fingerprint density at radius 2 is 1.81 bits per heavy atom. The molecule has 0 amide bonds. The SMILES string of the molecule is CC(C)(CN)CCN(CC(F)(F)F)C1CC1. The molecule has 2 nitrogen and oxygen atoms in total. The molecule has 16 heavy (non-hydrogen) atoms. The van der Waals surface area contributed by atoms with Crippen LogP contribution in [0.4, 0.5) is 13.2 Å². The number of nitrogens with zero attached hydrogens (tertiary/aromatic N) is 1. The molecule has 5 heteroatoms. The Kier molecular flexibility index (Phi) is 4.23. The number of hydrogen-bond donors (Lipinski definition) is 1. The van der Waals surface area contributed by atoms with Gasteiger partial charge in [-0.2, -0.15) is 13.2 Å². The molecule has 0 radical (unpaired) electrons. The van der Waals surface area contributed by atoms with Gasteiger partial charge in [-0.1, -0.05) is 13.8 Å². The van der Waals surface area contributed by atoms with Crippen molar-refractivity contribution in [2.24, 2.45) is 11.1 Å². The maximum Gasteiger partial charge on any atom is 0.401 e. The summed E-state index contributed by atoms with van der Waals surface area (Å²) in [6.45, 7) is 4.21. The fourth-order valence-corrected chi connectivity index (χ4v) is 1.61. The van der Waals surface area contributed by atoms with Crippen LogP contribution in [0.5, 0.6) is 0 Å². The van der Waals surface area contributed by atoms with E-state index in [4.69, 9.17) is 5.73 Å². The molecule has 0 aromatic heterocycles. The Morgan fingerprint density at radius 1 is 1.25 bits per heavy atom. The van der Waals surface area contributed by atoms with Crippen LogP contribution in [-0.4, -0.2) is 36.8 Å². The van der Waals surface area contributed by atoms with Crippen molar-refractivity contribution in [3.05, 3.63) is 0 Å². The first kappa shape index (κ1) is 13.8. The summed E-state index contributed by atoms with van der Waals surface area (Å²) in [5.74, 6) is 0. The van der Waals surface area contributed by atoms with Crippen LogP contribution >= 0.6 is 0 Å². The summed E-state index contributed by atoms with van der Waals surface area (Å²) in [6.07, 6.45) is -1.57. The molecular weight excluding hydrogens is 217 g/mol. The van der Waals surface area contributed by atoms with Crippen molar-refractivity contribution in [1.29, 1.82) is 0 Å². The highest BCUT2D eigenvalue weighted by Crippen LogP contribution is 2.31. The van der Waals surface area contributed by atoms with Crippen LogP contribution in [-0.2, 0) is 0 Å². The monoisotopic (exact) mass is 238 g/mol. The van der Waals surface area contributed by atoms with E-state index >= 15 is 0 Å². The summed E-state index contributed by atoms with van der Waals surface area (Å²) in [4.78, 5) is 1.55. The standard InChI is InChI=1S/C11H21F3N2/c1-10(2,7-15)5-6-16(9-3-4-9)8-11(12,13)14/h9H,3-8,15H2,1-2H3. The predicted octanol–water partition coefficient (Wildman–Crippen LogP) is 2.39. The lowest BCUT2D eigenvalue weighted by molar-refractivity contribution is -0.147. The number of nitrogens with two attached hydrogens (primary N) is 1. The van der Waals surface area contributed by atoms with Gasteiger partial charge in [-0.15, -0.1) is 0 Å². The fraction of sp³-hybridized carbons (Fsp3) is 1.00. The van der Waals surface area contributed by atoms with Gasteiger partial charge in [0.05, 0.1) is 6.54 Å². The Bertz CT molecular complexity index is 222. The topological polar surface area (TPSA) is 29.3 Å². The number of rotatable bonds is 6. The van der Waals surface area contributed by atoms with Crippen molar-refractivity contribution in [2.45, 2.75) is 45.3 Å². The number of hydrogen-bond acceptors (Lipinski definition) is 2. The van der Waals surface area contributed by atoms with Crippen LogP contribution in [0, 0.1) is 5.41 Å². The van der Waals surface area contributed by atoms with Gasteiger partial charge in [-0.05, 0) is 37.8 Å². The first-order chi connectivity index (χ1) is 7.23. The summed E-state index contributed by atoms with van der Waals surface area (Å²) in [5, 5.41) is 0. The molecule has 0 unspecified atom stereocenters. The average Bonchev–Trinajstić information content (AvgIpc) is 2.93. The third-order valence-electron chi connectivity index (χ3n) is 3.07. The zero-order valence-corrected chi connectivity index (χ0v) is 9.98. The summed E-state index contributed by atoms with van der Waals surface area (Å²) in [6, 6.07) is 0.148. The van der Waals surface area contributed by atoms with Crippen molar-refractivity contribution in [2.75, 3.05) is 19.6 Å². The maximum atomic E-state index is 12.3. The summed E-state index contributed by atoms with van der Waals surface area (Å²) in [5.41, 5.74) is 5.50. The van der Waals surface area contributed by atoms with Crippen LogP contribution in [0.25, 0.3) is 0 Å². The normalized spacial score (nSPS) is 18.2. The fourth-order valence-electron chi connectivity index (χ4n) is 1.61. The summed E-state index contributed by atoms with van der Waals surface area (Å²) in [7, 11) is 0. The van der Waals surface area contributed by atoms with Crippen LogP contribution in [0.15, 0.2) is 0 Å². The second-order valence-corrected chi connectivity index (χ2v) is 5.44. The third-order valence-corrected chi connectivity index (χ3v) is 3.07. The van der Waals surface area contributed by atoms with E-state index in [2.05, 4.69) is 0 Å². The van der Waals surface area contributed by atoms with E-state index in [1.54, 1.807) is 4.90 Å². The Hall–Kier alpha value is -0.290. The summed E-state index contributed by atoms with van der Waals surface area (Å²) < 4.78 is 37.0. The van der Waals surface area contributed by atoms with Crippen LogP contribution in [0.1, 0.15) is 33.1 Å². The highest BCUT2D eigenvalue weighted by atomic mass is 19.4. The molecule has 0 bridgehead atoms. The van der Waals surface area contributed by atoms with E-state index in [0.717, 1.165) is 19.3 Å². The van der Waals surface area contributed by atoms with Gasteiger partial charge in [0, 0.05) is 6.04 Å². The average molecular weight is 238 g/mol. The van der Waals surface area contributed by atoms with E-state index in [9.17, 15) is 13.2 Å².